The summed E-state index contributed by atoms with van der Waals surface area (Å²) in [5.74, 6) is 0. The molecule has 0 spiro atoms. The zero-order chi connectivity index (χ0) is 29.6. The Labute approximate surface area is 267 Å². The van der Waals surface area contributed by atoms with Gasteiger partial charge < -0.3 is 0 Å². The third-order valence-electron chi connectivity index (χ3n) is 8.12. The van der Waals surface area contributed by atoms with Crippen molar-refractivity contribution in [3.05, 3.63) is 182 Å². The summed E-state index contributed by atoms with van der Waals surface area (Å²) < 4.78 is -1.06. The summed E-state index contributed by atoms with van der Waals surface area (Å²) in [4.78, 5) is 0. The van der Waals surface area contributed by atoms with E-state index in [0.29, 0.717) is 12.3 Å². The van der Waals surface area contributed by atoms with E-state index in [1.807, 2.05) is 0 Å². The molecule has 0 aliphatic rings. The van der Waals surface area contributed by atoms with E-state index >= 15 is 0 Å². The molecular formula is C39H34Cl2P2+2. The van der Waals surface area contributed by atoms with Crippen LogP contribution in [0.15, 0.2) is 182 Å². The van der Waals surface area contributed by atoms with Crippen molar-refractivity contribution in [3.8, 4) is 0 Å². The monoisotopic (exact) mass is 634 g/mol. The summed E-state index contributed by atoms with van der Waals surface area (Å²) in [5, 5.41) is 7.67. The number of benzene rings is 6. The molecule has 0 fully saturated rings. The Morgan fingerprint density at radius 1 is 0.302 bits per heavy atom. The van der Waals surface area contributed by atoms with E-state index in [1.165, 1.54) is 31.8 Å². The van der Waals surface area contributed by atoms with Crippen molar-refractivity contribution in [2.45, 2.75) is 4.33 Å². The lowest BCUT2D eigenvalue weighted by molar-refractivity contribution is 1.01. The zero-order valence-corrected chi connectivity index (χ0v) is 27.2. The van der Waals surface area contributed by atoms with Crippen LogP contribution in [0.5, 0.6) is 0 Å². The SMILES string of the molecule is ClC(Cl)(C[P+](c1ccccc1)(c1ccccc1)c1ccccc1)C[P+](c1ccccc1)(c1ccccc1)c1ccccc1. The largest absolute Gasteiger partial charge is 0.186 e. The van der Waals surface area contributed by atoms with Gasteiger partial charge in [0.1, 0.15) is 58.7 Å². The Morgan fingerprint density at radius 3 is 0.628 bits per heavy atom. The van der Waals surface area contributed by atoms with Gasteiger partial charge in [-0.2, -0.15) is 0 Å². The molecule has 0 aromatic heterocycles. The minimum absolute atomic E-state index is 0.607. The molecular weight excluding hydrogens is 601 g/mol. The summed E-state index contributed by atoms with van der Waals surface area (Å²) in [6, 6.07) is 65.2. The van der Waals surface area contributed by atoms with Crippen LogP contribution in [0.4, 0.5) is 0 Å². The predicted molar refractivity (Wildman–Crippen MR) is 194 cm³/mol. The predicted octanol–water partition coefficient (Wildman–Crippen LogP) is 8.15. The first-order chi connectivity index (χ1) is 21.0. The first-order valence-corrected chi connectivity index (χ1v) is 19.2. The maximum Gasteiger partial charge on any atom is 0.186 e. The van der Waals surface area contributed by atoms with Gasteiger partial charge in [-0.05, 0) is 72.8 Å². The highest BCUT2D eigenvalue weighted by Crippen LogP contribution is 2.64. The molecule has 0 saturated carbocycles. The second kappa shape index (κ2) is 13.2. The van der Waals surface area contributed by atoms with Crippen LogP contribution in [0.2, 0.25) is 0 Å². The second-order valence-corrected chi connectivity index (χ2v) is 19.4. The van der Waals surface area contributed by atoms with Gasteiger partial charge in [-0.25, -0.2) is 0 Å². The first-order valence-electron chi connectivity index (χ1n) is 14.5. The van der Waals surface area contributed by atoms with Crippen molar-refractivity contribution in [3.63, 3.8) is 0 Å². The summed E-state index contributed by atoms with van der Waals surface area (Å²) in [6.45, 7) is 0. The van der Waals surface area contributed by atoms with Gasteiger partial charge in [-0.15, -0.1) is 0 Å². The van der Waals surface area contributed by atoms with Crippen LogP contribution < -0.4 is 31.8 Å². The van der Waals surface area contributed by atoms with Crippen molar-refractivity contribution < 1.29 is 0 Å². The smallest absolute Gasteiger partial charge is 0.0934 e. The standard InChI is InChI=1S/C39H34Cl2P2/c40-39(41,31-42(33-19-7-1-8-20-33,34-21-9-2-10-22-34)35-23-11-3-12-24-35)32-43(36-25-13-4-14-26-36,37-27-15-5-16-28-37)38-29-17-6-18-30-38/h1-30H,31-32H2/q+2. The average molecular weight is 636 g/mol. The van der Waals surface area contributed by atoms with Gasteiger partial charge in [0.25, 0.3) is 0 Å². The quantitative estimate of drug-likeness (QED) is 0.105. The maximum absolute atomic E-state index is 7.83. The lowest BCUT2D eigenvalue weighted by atomic mass is 10.3. The number of rotatable bonds is 10. The molecule has 4 heteroatoms. The van der Waals surface area contributed by atoms with Crippen molar-refractivity contribution in [1.29, 1.82) is 0 Å². The summed E-state index contributed by atoms with van der Waals surface area (Å²) in [6.07, 6.45) is 1.21. The average Bonchev–Trinajstić information content (AvgIpc) is 3.08. The molecule has 212 valence electrons. The fourth-order valence-corrected chi connectivity index (χ4v) is 17.2. The van der Waals surface area contributed by atoms with Crippen molar-refractivity contribution in [1.82, 2.24) is 0 Å². The van der Waals surface area contributed by atoms with Gasteiger partial charge >= 0.3 is 0 Å². The molecule has 0 N–H and O–H groups in total. The molecule has 6 aromatic carbocycles. The molecule has 0 aliphatic heterocycles. The lowest BCUT2D eigenvalue weighted by Crippen LogP contribution is -2.44. The molecule has 0 heterocycles. The topological polar surface area (TPSA) is 0 Å². The Balaban J connectivity index is 1.58. The number of hydrogen-bond donors (Lipinski definition) is 0. The van der Waals surface area contributed by atoms with E-state index in [-0.39, 0.29) is 0 Å². The molecule has 0 nitrogen and oxygen atoms in total. The molecule has 6 aromatic rings. The number of halogens is 2. The highest BCUT2D eigenvalue weighted by Gasteiger charge is 2.57. The van der Waals surface area contributed by atoms with E-state index < -0.39 is 18.9 Å². The van der Waals surface area contributed by atoms with E-state index in [0.717, 1.165) is 0 Å². The number of hydrogen-bond acceptors (Lipinski definition) is 0. The molecule has 0 aliphatic carbocycles. The fourth-order valence-electron chi connectivity index (χ4n) is 6.28. The fraction of sp³-hybridized carbons (Fsp3) is 0.0769. The summed E-state index contributed by atoms with van der Waals surface area (Å²) in [5.41, 5.74) is 0. The Morgan fingerprint density at radius 2 is 0.465 bits per heavy atom. The third kappa shape index (κ3) is 6.09. The number of alkyl halides is 2. The van der Waals surface area contributed by atoms with Gasteiger partial charge in [-0.1, -0.05) is 132 Å². The highest BCUT2D eigenvalue weighted by atomic mass is 35.5. The van der Waals surface area contributed by atoms with Crippen LogP contribution in [-0.2, 0) is 0 Å². The van der Waals surface area contributed by atoms with Gasteiger partial charge in [-0.3, -0.25) is 0 Å². The molecule has 0 amide bonds. The molecule has 0 saturated heterocycles. The van der Waals surface area contributed by atoms with Crippen molar-refractivity contribution in [2.24, 2.45) is 0 Å². The maximum atomic E-state index is 7.83. The molecule has 6 rings (SSSR count). The van der Waals surface area contributed by atoms with Crippen LogP contribution >= 0.6 is 37.7 Å². The van der Waals surface area contributed by atoms with Gasteiger partial charge in [0, 0.05) is 0 Å². The van der Waals surface area contributed by atoms with Crippen molar-refractivity contribution in [2.75, 3.05) is 12.3 Å². The second-order valence-electron chi connectivity index (χ2n) is 10.8. The molecule has 0 bridgehead atoms. The molecule has 0 atom stereocenters. The van der Waals surface area contributed by atoms with Gasteiger partial charge in [0.2, 0.25) is 0 Å². The lowest BCUT2D eigenvalue weighted by Gasteiger charge is -2.36. The minimum atomic E-state index is -2.28. The van der Waals surface area contributed by atoms with Crippen LogP contribution in [0.3, 0.4) is 0 Å². The van der Waals surface area contributed by atoms with Crippen LogP contribution in [-0.4, -0.2) is 16.7 Å². The van der Waals surface area contributed by atoms with E-state index in [4.69, 9.17) is 23.2 Å². The van der Waals surface area contributed by atoms with Gasteiger partial charge in [0.05, 0.1) is 0 Å². The minimum Gasteiger partial charge on any atom is -0.0934 e. The van der Waals surface area contributed by atoms with Crippen LogP contribution in [0.25, 0.3) is 0 Å². The van der Waals surface area contributed by atoms with E-state index in [2.05, 4.69) is 182 Å². The summed E-state index contributed by atoms with van der Waals surface area (Å²) >= 11 is 15.7. The van der Waals surface area contributed by atoms with E-state index in [9.17, 15) is 0 Å². The van der Waals surface area contributed by atoms with Crippen LogP contribution in [0.1, 0.15) is 0 Å². The summed E-state index contributed by atoms with van der Waals surface area (Å²) in [7, 11) is -4.56. The zero-order valence-electron chi connectivity index (χ0n) is 23.9. The Bertz CT molecular complexity index is 1390. The molecule has 43 heavy (non-hydrogen) atoms. The molecule has 0 radical (unpaired) electrons. The Hall–Kier alpha value is -3.24. The van der Waals surface area contributed by atoms with E-state index in [1.54, 1.807) is 0 Å². The Kier molecular flexibility index (Phi) is 9.14. The van der Waals surface area contributed by atoms with Crippen molar-refractivity contribution >= 4 is 69.6 Å². The normalized spacial score (nSPS) is 12.1. The van der Waals surface area contributed by atoms with Crippen LogP contribution in [0, 0.1) is 0 Å². The van der Waals surface area contributed by atoms with Gasteiger partial charge in [0.15, 0.2) is 4.33 Å². The highest BCUT2D eigenvalue weighted by molar-refractivity contribution is 7.97. The third-order valence-corrected chi connectivity index (χ3v) is 18.5. The first kappa shape index (κ1) is 29.8. The molecule has 0 unspecified atom stereocenters.